The summed E-state index contributed by atoms with van der Waals surface area (Å²) < 4.78 is 51.3. The number of aromatic nitrogens is 4. The summed E-state index contributed by atoms with van der Waals surface area (Å²) >= 11 is 18.5. The fourth-order valence-electron chi connectivity index (χ4n) is 2.80. The minimum absolute atomic E-state index is 0.00496. The monoisotopic (exact) mass is 521 g/mol. The van der Waals surface area contributed by atoms with Crippen LogP contribution in [0, 0.1) is 0 Å². The Kier molecular flexibility index (Phi) is 6.43. The number of alkyl halides is 3. The molecule has 0 fully saturated rings. The quantitative estimate of drug-likeness (QED) is 0.377. The zero-order valence-corrected chi connectivity index (χ0v) is 18.5. The first-order valence-electron chi connectivity index (χ1n) is 9.14. The van der Waals surface area contributed by atoms with Gasteiger partial charge in [-0.05, 0) is 12.1 Å². The number of nitrogens with zero attached hydrogens (tertiary/aromatic N) is 4. The zero-order chi connectivity index (χ0) is 23.9. The van der Waals surface area contributed by atoms with Crippen LogP contribution < -0.4 is 10.5 Å². The summed E-state index contributed by atoms with van der Waals surface area (Å²) in [6, 6.07) is 3.06. The standard InChI is InChI=1S/C19H13Cl3F3N5O3/c20-11-3-15(32-7-9(26)6-31)12(21)2-10(11)17-28-29-18(33-17)14-5-30-4-8(19(23,24)25)1-13(22)16(30)27-14/h1-5,9,31H,6-7,26H2. The minimum atomic E-state index is -4.57. The van der Waals surface area contributed by atoms with E-state index in [2.05, 4.69) is 15.2 Å². The second-order valence-electron chi connectivity index (χ2n) is 6.86. The fraction of sp³-hybridized carbons (Fsp3) is 0.211. The second kappa shape index (κ2) is 8.99. The van der Waals surface area contributed by atoms with E-state index < -0.39 is 17.8 Å². The third-order valence-electron chi connectivity index (χ3n) is 4.42. The Labute approximate surface area is 198 Å². The lowest BCUT2D eigenvalue weighted by Crippen LogP contribution is -2.31. The molecule has 0 spiro atoms. The molecule has 0 aliphatic rings. The molecule has 1 aromatic carbocycles. The van der Waals surface area contributed by atoms with Gasteiger partial charge in [0.05, 0.1) is 38.8 Å². The maximum Gasteiger partial charge on any atom is 0.417 e. The molecule has 14 heteroatoms. The average molecular weight is 523 g/mol. The van der Waals surface area contributed by atoms with Crippen molar-refractivity contribution in [2.24, 2.45) is 5.73 Å². The van der Waals surface area contributed by atoms with Crippen LogP contribution in [0.3, 0.4) is 0 Å². The molecule has 0 amide bonds. The smallest absolute Gasteiger partial charge is 0.417 e. The van der Waals surface area contributed by atoms with Crippen molar-refractivity contribution in [2.75, 3.05) is 13.2 Å². The molecule has 3 heterocycles. The van der Waals surface area contributed by atoms with Gasteiger partial charge in [0, 0.05) is 18.5 Å². The maximum atomic E-state index is 13.0. The highest BCUT2D eigenvalue weighted by Crippen LogP contribution is 2.37. The first kappa shape index (κ1) is 23.6. The lowest BCUT2D eigenvalue weighted by atomic mass is 10.2. The lowest BCUT2D eigenvalue weighted by Gasteiger charge is -2.13. The molecular weight excluding hydrogens is 510 g/mol. The van der Waals surface area contributed by atoms with Gasteiger partial charge in [-0.25, -0.2) is 4.98 Å². The molecule has 1 atom stereocenters. The number of halogens is 6. The summed E-state index contributed by atoms with van der Waals surface area (Å²) in [7, 11) is 0. The summed E-state index contributed by atoms with van der Waals surface area (Å²) in [5.74, 6) is 0.166. The fourth-order valence-corrected chi connectivity index (χ4v) is 3.51. The Hall–Kier alpha value is -2.57. The number of pyridine rings is 1. The molecule has 3 N–H and O–H groups in total. The van der Waals surface area contributed by atoms with Gasteiger partial charge in [-0.2, -0.15) is 13.2 Å². The Balaban J connectivity index is 1.65. The summed E-state index contributed by atoms with van der Waals surface area (Å²) in [6.45, 7) is -0.247. The molecule has 4 aromatic rings. The maximum absolute atomic E-state index is 13.0. The van der Waals surface area contributed by atoms with Crippen molar-refractivity contribution in [3.05, 3.63) is 51.2 Å². The van der Waals surface area contributed by atoms with Gasteiger partial charge < -0.3 is 24.4 Å². The van der Waals surface area contributed by atoms with E-state index >= 15 is 0 Å². The van der Waals surface area contributed by atoms with Crippen molar-refractivity contribution in [2.45, 2.75) is 12.2 Å². The average Bonchev–Trinajstić information content (AvgIpc) is 3.40. The molecular formula is C19H13Cl3F3N5O3. The number of fused-ring (bicyclic) bond motifs is 1. The molecule has 0 aliphatic carbocycles. The van der Waals surface area contributed by atoms with E-state index in [1.165, 1.54) is 18.3 Å². The highest BCUT2D eigenvalue weighted by atomic mass is 35.5. The number of imidazole rings is 1. The van der Waals surface area contributed by atoms with E-state index in [4.69, 9.17) is 54.8 Å². The van der Waals surface area contributed by atoms with Crippen molar-refractivity contribution < 1.29 is 27.4 Å². The van der Waals surface area contributed by atoms with Crippen LogP contribution in [0.5, 0.6) is 5.75 Å². The van der Waals surface area contributed by atoms with Gasteiger partial charge in [0.1, 0.15) is 18.1 Å². The predicted molar refractivity (Wildman–Crippen MR) is 115 cm³/mol. The van der Waals surface area contributed by atoms with E-state index in [0.717, 1.165) is 16.7 Å². The molecule has 4 rings (SSSR count). The minimum Gasteiger partial charge on any atom is -0.490 e. The Morgan fingerprint density at radius 3 is 2.48 bits per heavy atom. The van der Waals surface area contributed by atoms with E-state index in [0.29, 0.717) is 5.56 Å². The largest absolute Gasteiger partial charge is 0.490 e. The molecule has 0 aliphatic heterocycles. The number of aliphatic hydroxyl groups is 1. The first-order chi connectivity index (χ1) is 15.6. The number of aliphatic hydroxyl groups excluding tert-OH is 1. The molecule has 174 valence electrons. The van der Waals surface area contributed by atoms with Crippen molar-refractivity contribution in [3.8, 4) is 28.8 Å². The van der Waals surface area contributed by atoms with Crippen LogP contribution in [-0.2, 0) is 6.18 Å². The predicted octanol–water partition coefficient (Wildman–Crippen LogP) is 4.73. The number of hydrogen-bond acceptors (Lipinski definition) is 7. The van der Waals surface area contributed by atoms with Crippen LogP contribution in [0.4, 0.5) is 13.2 Å². The van der Waals surface area contributed by atoms with Gasteiger partial charge in [-0.3, -0.25) is 0 Å². The summed E-state index contributed by atoms with van der Waals surface area (Å²) in [5.41, 5.74) is 5.15. The Morgan fingerprint density at radius 2 is 1.79 bits per heavy atom. The Bertz CT molecular complexity index is 1330. The summed E-state index contributed by atoms with van der Waals surface area (Å²) in [6.07, 6.45) is -2.44. The van der Waals surface area contributed by atoms with Gasteiger partial charge in [0.25, 0.3) is 5.89 Å². The van der Waals surface area contributed by atoms with Crippen molar-refractivity contribution in [1.82, 2.24) is 19.6 Å². The highest BCUT2D eigenvalue weighted by molar-refractivity contribution is 6.36. The SMILES string of the molecule is NC(CO)COc1cc(Cl)c(-c2nnc(-c3cn4cc(C(F)(F)F)cc(Cl)c4n3)o2)cc1Cl. The first-order valence-corrected chi connectivity index (χ1v) is 10.3. The van der Waals surface area contributed by atoms with Crippen LogP contribution in [0.15, 0.2) is 35.0 Å². The summed E-state index contributed by atoms with van der Waals surface area (Å²) in [5, 5.41) is 16.9. The second-order valence-corrected chi connectivity index (χ2v) is 8.08. The topological polar surface area (TPSA) is 112 Å². The van der Waals surface area contributed by atoms with Gasteiger partial charge in [-0.15, -0.1) is 10.2 Å². The van der Waals surface area contributed by atoms with Crippen LogP contribution in [0.1, 0.15) is 5.56 Å². The van der Waals surface area contributed by atoms with Gasteiger partial charge in [0.15, 0.2) is 5.65 Å². The molecule has 33 heavy (non-hydrogen) atoms. The molecule has 8 nitrogen and oxygen atoms in total. The van der Waals surface area contributed by atoms with E-state index in [9.17, 15) is 13.2 Å². The Morgan fingerprint density at radius 1 is 1.06 bits per heavy atom. The molecule has 0 bridgehead atoms. The van der Waals surface area contributed by atoms with Crippen LogP contribution in [-0.4, -0.2) is 43.9 Å². The van der Waals surface area contributed by atoms with Crippen molar-refractivity contribution >= 4 is 40.4 Å². The molecule has 3 aromatic heterocycles. The van der Waals surface area contributed by atoms with E-state index in [1.807, 2.05) is 0 Å². The van der Waals surface area contributed by atoms with Crippen LogP contribution >= 0.6 is 34.8 Å². The van der Waals surface area contributed by atoms with Gasteiger partial charge in [0.2, 0.25) is 5.89 Å². The number of ether oxygens (including phenoxy) is 1. The van der Waals surface area contributed by atoms with Gasteiger partial charge in [-0.1, -0.05) is 34.8 Å². The third-order valence-corrected chi connectivity index (χ3v) is 5.30. The molecule has 0 saturated heterocycles. The van der Waals surface area contributed by atoms with Crippen molar-refractivity contribution in [1.29, 1.82) is 0 Å². The molecule has 0 radical (unpaired) electrons. The van der Waals surface area contributed by atoms with Crippen LogP contribution in [0.25, 0.3) is 28.7 Å². The van der Waals surface area contributed by atoms with E-state index in [1.54, 1.807) is 0 Å². The van der Waals surface area contributed by atoms with Crippen molar-refractivity contribution in [3.63, 3.8) is 0 Å². The number of benzene rings is 1. The zero-order valence-electron chi connectivity index (χ0n) is 16.3. The highest BCUT2D eigenvalue weighted by Gasteiger charge is 2.32. The normalized spacial score (nSPS) is 13.0. The number of nitrogens with two attached hydrogens (primary N) is 1. The molecule has 0 saturated carbocycles. The lowest BCUT2D eigenvalue weighted by molar-refractivity contribution is -0.137. The van der Waals surface area contributed by atoms with E-state index in [-0.39, 0.29) is 57.2 Å². The van der Waals surface area contributed by atoms with Gasteiger partial charge >= 0.3 is 6.18 Å². The summed E-state index contributed by atoms with van der Waals surface area (Å²) in [4.78, 5) is 4.17. The molecule has 1 unspecified atom stereocenters. The van der Waals surface area contributed by atoms with Crippen LogP contribution in [0.2, 0.25) is 15.1 Å². The third kappa shape index (κ3) is 4.87. The number of rotatable bonds is 6. The number of hydrogen-bond donors (Lipinski definition) is 2.